The number of carbonyl (C=O) groups is 1. The van der Waals surface area contributed by atoms with Crippen LogP contribution in [0.5, 0.6) is 0 Å². The predicted molar refractivity (Wildman–Crippen MR) is 88.3 cm³/mol. The number of carbonyl (C=O) groups excluding carboxylic acids is 1. The summed E-state index contributed by atoms with van der Waals surface area (Å²) in [5.74, 6) is -0.304. The fourth-order valence-corrected chi connectivity index (χ4v) is 2.43. The lowest BCUT2D eigenvalue weighted by atomic mass is 10.2. The molecule has 0 heterocycles. The highest BCUT2D eigenvalue weighted by atomic mass is 79.9. The van der Waals surface area contributed by atoms with Crippen molar-refractivity contribution in [3.8, 4) is 0 Å². The topological polar surface area (TPSA) is 29.1 Å². The van der Waals surface area contributed by atoms with Crippen molar-refractivity contribution in [3.63, 3.8) is 0 Å². The van der Waals surface area contributed by atoms with E-state index in [4.69, 9.17) is 34.8 Å². The van der Waals surface area contributed by atoms with Crippen LogP contribution in [0.4, 0.5) is 5.69 Å². The lowest BCUT2D eigenvalue weighted by molar-refractivity contribution is 0.102. The lowest BCUT2D eigenvalue weighted by Crippen LogP contribution is -2.12. The van der Waals surface area contributed by atoms with E-state index in [9.17, 15) is 4.79 Å². The summed E-state index contributed by atoms with van der Waals surface area (Å²) < 4.78 is 0.729. The normalized spacial score (nSPS) is 10.4. The van der Waals surface area contributed by atoms with E-state index in [1.807, 2.05) is 6.92 Å². The van der Waals surface area contributed by atoms with Gasteiger partial charge < -0.3 is 5.32 Å². The Kier molecular flexibility index (Phi) is 4.97. The summed E-state index contributed by atoms with van der Waals surface area (Å²) in [7, 11) is 0. The number of hydrogen-bond acceptors (Lipinski definition) is 1. The second-order valence-electron chi connectivity index (χ2n) is 4.16. The third kappa shape index (κ3) is 3.47. The van der Waals surface area contributed by atoms with Crippen molar-refractivity contribution in [2.24, 2.45) is 0 Å². The maximum Gasteiger partial charge on any atom is 0.255 e. The molecule has 1 amide bonds. The molecule has 0 aliphatic heterocycles. The third-order valence-electron chi connectivity index (χ3n) is 2.68. The van der Waals surface area contributed by atoms with Gasteiger partial charge in [0.15, 0.2) is 0 Å². The van der Waals surface area contributed by atoms with Crippen LogP contribution in [-0.2, 0) is 0 Å². The summed E-state index contributed by atoms with van der Waals surface area (Å²) in [6, 6.07) is 8.27. The van der Waals surface area contributed by atoms with Gasteiger partial charge in [-0.25, -0.2) is 0 Å². The zero-order chi connectivity index (χ0) is 14.9. The molecule has 0 aromatic heterocycles. The summed E-state index contributed by atoms with van der Waals surface area (Å²) in [4.78, 5) is 12.1. The number of benzene rings is 2. The van der Waals surface area contributed by atoms with Crippen LogP contribution in [0.25, 0.3) is 0 Å². The quantitative estimate of drug-likeness (QED) is 0.669. The van der Waals surface area contributed by atoms with E-state index in [2.05, 4.69) is 21.2 Å². The van der Waals surface area contributed by atoms with Gasteiger partial charge in [-0.05, 0) is 58.7 Å². The number of nitrogens with one attached hydrogen (secondary N) is 1. The maximum atomic E-state index is 12.1. The molecule has 2 rings (SSSR count). The minimum atomic E-state index is -0.304. The van der Waals surface area contributed by atoms with Gasteiger partial charge in [0.25, 0.3) is 5.91 Å². The number of aryl methyl sites for hydroxylation is 1. The van der Waals surface area contributed by atoms with E-state index in [0.717, 1.165) is 10.0 Å². The number of hydrogen-bond donors (Lipinski definition) is 1. The van der Waals surface area contributed by atoms with Crippen LogP contribution >= 0.6 is 50.7 Å². The third-order valence-corrected chi connectivity index (χ3v) is 4.63. The summed E-state index contributed by atoms with van der Waals surface area (Å²) in [5, 5.41) is 4.15. The van der Waals surface area contributed by atoms with Gasteiger partial charge in [-0.15, -0.1) is 0 Å². The van der Waals surface area contributed by atoms with E-state index in [1.165, 1.54) is 0 Å². The van der Waals surface area contributed by atoms with E-state index in [0.29, 0.717) is 26.3 Å². The zero-order valence-electron chi connectivity index (χ0n) is 10.3. The molecule has 6 heteroatoms. The Morgan fingerprint density at radius 1 is 1.05 bits per heavy atom. The molecule has 0 saturated carbocycles. The van der Waals surface area contributed by atoms with Gasteiger partial charge in [0, 0.05) is 15.1 Å². The molecule has 1 N–H and O–H groups in total. The van der Waals surface area contributed by atoms with Crippen molar-refractivity contribution in [1.82, 2.24) is 0 Å². The molecule has 0 fully saturated rings. The number of rotatable bonds is 2. The Balaban J connectivity index is 2.27. The van der Waals surface area contributed by atoms with Crippen LogP contribution in [0, 0.1) is 6.92 Å². The molecule has 0 aliphatic rings. The predicted octanol–water partition coefficient (Wildman–Crippen LogP) is 5.97. The van der Waals surface area contributed by atoms with Crippen LogP contribution < -0.4 is 5.32 Å². The second-order valence-corrected chi connectivity index (χ2v) is 6.24. The molecule has 2 nitrogen and oxygen atoms in total. The molecule has 0 saturated heterocycles. The lowest BCUT2D eigenvalue weighted by Gasteiger charge is -2.10. The highest BCUT2D eigenvalue weighted by molar-refractivity contribution is 9.10. The van der Waals surface area contributed by atoms with Gasteiger partial charge in [-0.3, -0.25) is 4.79 Å². The summed E-state index contributed by atoms with van der Waals surface area (Å²) in [5.41, 5.74) is 1.75. The van der Waals surface area contributed by atoms with Gasteiger partial charge in [0.05, 0.1) is 15.7 Å². The Labute approximate surface area is 140 Å². The van der Waals surface area contributed by atoms with Crippen LogP contribution in [0.15, 0.2) is 34.8 Å². The Bertz CT molecular complexity index is 688. The molecule has 0 unspecified atom stereocenters. The first kappa shape index (κ1) is 15.6. The molecular formula is C14H9BrCl3NO. The monoisotopic (exact) mass is 391 g/mol. The summed E-state index contributed by atoms with van der Waals surface area (Å²) >= 11 is 21.3. The Morgan fingerprint density at radius 3 is 2.40 bits per heavy atom. The second kappa shape index (κ2) is 6.35. The number of anilines is 1. The van der Waals surface area contributed by atoms with E-state index in [1.54, 1.807) is 30.3 Å². The first-order valence-corrected chi connectivity index (χ1v) is 7.53. The van der Waals surface area contributed by atoms with Crippen molar-refractivity contribution < 1.29 is 4.79 Å². The molecule has 2 aromatic rings. The summed E-state index contributed by atoms with van der Waals surface area (Å²) in [6.07, 6.45) is 0. The minimum absolute atomic E-state index is 0.304. The van der Waals surface area contributed by atoms with E-state index >= 15 is 0 Å². The molecule has 20 heavy (non-hydrogen) atoms. The fourth-order valence-electron chi connectivity index (χ4n) is 1.57. The molecule has 0 radical (unpaired) electrons. The van der Waals surface area contributed by atoms with Gasteiger partial charge in [0.2, 0.25) is 0 Å². The van der Waals surface area contributed by atoms with E-state index < -0.39 is 0 Å². The van der Waals surface area contributed by atoms with Crippen LogP contribution in [0.3, 0.4) is 0 Å². The Morgan fingerprint density at radius 2 is 1.75 bits per heavy atom. The average Bonchev–Trinajstić information content (AvgIpc) is 2.39. The number of halogens is 4. The van der Waals surface area contributed by atoms with Crippen molar-refractivity contribution in [2.45, 2.75) is 6.92 Å². The summed E-state index contributed by atoms with van der Waals surface area (Å²) in [6.45, 7) is 1.84. The first-order chi connectivity index (χ1) is 9.38. The van der Waals surface area contributed by atoms with Crippen LogP contribution in [0.1, 0.15) is 15.9 Å². The first-order valence-electron chi connectivity index (χ1n) is 5.60. The van der Waals surface area contributed by atoms with Crippen molar-refractivity contribution in [2.75, 3.05) is 5.32 Å². The fraction of sp³-hybridized carbons (Fsp3) is 0.0714. The number of amides is 1. The highest BCUT2D eigenvalue weighted by Gasteiger charge is 2.11. The molecule has 0 atom stereocenters. The minimum Gasteiger partial charge on any atom is -0.321 e. The Hall–Kier alpha value is -0.740. The van der Waals surface area contributed by atoms with Gasteiger partial charge in [0.1, 0.15) is 0 Å². The molecule has 0 spiro atoms. The van der Waals surface area contributed by atoms with Crippen LogP contribution in [-0.4, -0.2) is 5.91 Å². The molecule has 104 valence electrons. The average molecular weight is 393 g/mol. The van der Waals surface area contributed by atoms with Gasteiger partial charge in [-0.1, -0.05) is 34.8 Å². The maximum absolute atomic E-state index is 12.1. The van der Waals surface area contributed by atoms with Gasteiger partial charge >= 0.3 is 0 Å². The SMILES string of the molecule is Cc1cc(Cl)c(NC(=O)c2ccc(Br)c(Cl)c2)cc1Cl. The van der Waals surface area contributed by atoms with Crippen molar-refractivity contribution >= 4 is 62.3 Å². The molecule has 0 aliphatic carbocycles. The van der Waals surface area contributed by atoms with Crippen LogP contribution in [0.2, 0.25) is 15.1 Å². The van der Waals surface area contributed by atoms with Crippen molar-refractivity contribution in [3.05, 3.63) is 61.0 Å². The van der Waals surface area contributed by atoms with Gasteiger partial charge in [-0.2, -0.15) is 0 Å². The smallest absolute Gasteiger partial charge is 0.255 e. The molecule has 2 aromatic carbocycles. The van der Waals surface area contributed by atoms with E-state index in [-0.39, 0.29) is 5.91 Å². The standard InChI is InChI=1S/C14H9BrCl3NO/c1-7-4-12(18)13(6-10(7)16)19-14(20)8-2-3-9(15)11(17)5-8/h2-6H,1H3,(H,19,20). The largest absolute Gasteiger partial charge is 0.321 e. The highest BCUT2D eigenvalue weighted by Crippen LogP contribution is 2.29. The van der Waals surface area contributed by atoms with Crippen molar-refractivity contribution in [1.29, 1.82) is 0 Å². The zero-order valence-corrected chi connectivity index (χ0v) is 14.2. The molecular weight excluding hydrogens is 384 g/mol. The molecule has 0 bridgehead atoms.